The highest BCUT2D eigenvalue weighted by Crippen LogP contribution is 2.31. The van der Waals surface area contributed by atoms with Gasteiger partial charge in [-0.25, -0.2) is 0 Å². The van der Waals surface area contributed by atoms with Crippen LogP contribution >= 0.6 is 0 Å². The van der Waals surface area contributed by atoms with Gasteiger partial charge in [0.1, 0.15) is 17.0 Å². The number of H-pyrrole nitrogens is 1. The van der Waals surface area contributed by atoms with Gasteiger partial charge in [0.05, 0.1) is 5.69 Å². The molecule has 4 heteroatoms. The number of para-hydroxylation sites is 2. The lowest BCUT2D eigenvalue weighted by atomic mass is 10.1. The molecule has 4 nitrogen and oxygen atoms in total. The first-order valence-electron chi connectivity index (χ1n) is 6.64. The average molecular weight is 276 g/mol. The number of furan rings is 1. The molecule has 0 aliphatic rings. The highest BCUT2D eigenvalue weighted by Gasteiger charge is 2.12. The number of nitrogens with one attached hydrogen (secondary N) is 1. The smallest absolute Gasteiger partial charge is 0.153 e. The lowest BCUT2D eigenvalue weighted by Gasteiger charge is -1.98. The second-order valence-electron chi connectivity index (χ2n) is 4.83. The van der Waals surface area contributed by atoms with E-state index >= 15 is 0 Å². The average Bonchev–Trinajstić information content (AvgIpc) is 3.14. The number of fused-ring (bicyclic) bond motifs is 1. The standard InChI is InChI=1S/C17H12N2O2/c20-15-7-3-2-6-12(15)13-10-14(19-18-13)17-9-11-5-1-4-8-16(11)21-17/h1-10,20H,(H,18,19). The molecule has 2 N–H and O–H groups in total. The first-order chi connectivity index (χ1) is 10.3. The first-order valence-corrected chi connectivity index (χ1v) is 6.64. The molecular formula is C17H12N2O2. The van der Waals surface area contributed by atoms with Gasteiger partial charge < -0.3 is 9.52 Å². The van der Waals surface area contributed by atoms with E-state index in [9.17, 15) is 5.11 Å². The number of aromatic amines is 1. The fourth-order valence-electron chi connectivity index (χ4n) is 2.39. The Balaban J connectivity index is 1.79. The monoisotopic (exact) mass is 276 g/mol. The van der Waals surface area contributed by atoms with Gasteiger partial charge in [-0.2, -0.15) is 5.10 Å². The SMILES string of the molecule is Oc1ccccc1-c1cc(-c2cc3ccccc3o2)[nH]n1. The molecule has 0 amide bonds. The summed E-state index contributed by atoms with van der Waals surface area (Å²) in [6.45, 7) is 0. The highest BCUT2D eigenvalue weighted by atomic mass is 16.3. The van der Waals surface area contributed by atoms with Gasteiger partial charge in [0.2, 0.25) is 0 Å². The highest BCUT2D eigenvalue weighted by molar-refractivity contribution is 5.82. The van der Waals surface area contributed by atoms with Crippen LogP contribution in [-0.2, 0) is 0 Å². The maximum absolute atomic E-state index is 9.88. The number of hydrogen-bond acceptors (Lipinski definition) is 3. The molecule has 2 heterocycles. The molecule has 0 saturated heterocycles. The minimum Gasteiger partial charge on any atom is -0.507 e. The Morgan fingerprint density at radius 2 is 1.76 bits per heavy atom. The summed E-state index contributed by atoms with van der Waals surface area (Å²) in [5.41, 5.74) is 3.00. The minimum atomic E-state index is 0.208. The van der Waals surface area contributed by atoms with Crippen molar-refractivity contribution in [3.63, 3.8) is 0 Å². The third-order valence-electron chi connectivity index (χ3n) is 3.45. The van der Waals surface area contributed by atoms with Crippen LogP contribution in [-0.4, -0.2) is 15.3 Å². The molecule has 0 unspecified atom stereocenters. The largest absolute Gasteiger partial charge is 0.507 e. The molecule has 0 spiro atoms. The van der Waals surface area contributed by atoms with Gasteiger partial charge in [-0.1, -0.05) is 30.3 Å². The molecule has 2 aromatic carbocycles. The van der Waals surface area contributed by atoms with Gasteiger partial charge in [-0.15, -0.1) is 0 Å². The summed E-state index contributed by atoms with van der Waals surface area (Å²) in [6, 6.07) is 18.8. The van der Waals surface area contributed by atoms with Crippen LogP contribution in [0.1, 0.15) is 0 Å². The van der Waals surface area contributed by atoms with Crippen molar-refractivity contribution in [3.8, 4) is 28.5 Å². The zero-order valence-corrected chi connectivity index (χ0v) is 11.1. The van der Waals surface area contributed by atoms with Crippen molar-refractivity contribution in [1.82, 2.24) is 10.2 Å². The van der Waals surface area contributed by atoms with Crippen molar-refractivity contribution in [3.05, 3.63) is 60.7 Å². The van der Waals surface area contributed by atoms with Gasteiger partial charge in [0.25, 0.3) is 0 Å². The molecule has 21 heavy (non-hydrogen) atoms. The third kappa shape index (κ3) is 1.97. The zero-order valence-electron chi connectivity index (χ0n) is 11.1. The second kappa shape index (κ2) is 4.52. The normalized spacial score (nSPS) is 11.0. The second-order valence-corrected chi connectivity index (χ2v) is 4.83. The lowest BCUT2D eigenvalue weighted by molar-refractivity contribution is 0.477. The number of hydrogen-bond donors (Lipinski definition) is 2. The maximum Gasteiger partial charge on any atom is 0.153 e. The van der Waals surface area contributed by atoms with E-state index < -0.39 is 0 Å². The van der Waals surface area contributed by atoms with Gasteiger partial charge in [-0.3, -0.25) is 5.10 Å². The Morgan fingerprint density at radius 3 is 2.62 bits per heavy atom. The van der Waals surface area contributed by atoms with Crippen molar-refractivity contribution in [2.45, 2.75) is 0 Å². The molecule has 0 aliphatic heterocycles. The molecule has 0 saturated carbocycles. The van der Waals surface area contributed by atoms with Crippen LogP contribution in [0.25, 0.3) is 33.7 Å². The molecular weight excluding hydrogens is 264 g/mol. The Bertz CT molecular complexity index is 888. The Hall–Kier alpha value is -3.01. The molecule has 4 aromatic rings. The molecule has 102 valence electrons. The van der Waals surface area contributed by atoms with Crippen LogP contribution in [0.4, 0.5) is 0 Å². The molecule has 0 bridgehead atoms. The molecule has 0 aliphatic carbocycles. The van der Waals surface area contributed by atoms with E-state index in [1.807, 2.05) is 48.5 Å². The van der Waals surface area contributed by atoms with E-state index in [1.54, 1.807) is 12.1 Å². The summed E-state index contributed by atoms with van der Waals surface area (Å²) in [6.07, 6.45) is 0. The fraction of sp³-hybridized carbons (Fsp3) is 0. The first kappa shape index (κ1) is 11.8. The summed E-state index contributed by atoms with van der Waals surface area (Å²) >= 11 is 0. The molecule has 4 rings (SSSR count). The van der Waals surface area contributed by atoms with Gasteiger partial charge in [-0.05, 0) is 30.3 Å². The summed E-state index contributed by atoms with van der Waals surface area (Å²) in [5.74, 6) is 0.936. The molecule has 0 atom stereocenters. The summed E-state index contributed by atoms with van der Waals surface area (Å²) in [5, 5.41) is 18.1. The predicted molar refractivity (Wildman–Crippen MR) is 80.9 cm³/mol. The van der Waals surface area contributed by atoms with Crippen molar-refractivity contribution in [1.29, 1.82) is 0 Å². The van der Waals surface area contributed by atoms with Crippen molar-refractivity contribution < 1.29 is 9.52 Å². The van der Waals surface area contributed by atoms with Gasteiger partial charge >= 0.3 is 0 Å². The van der Waals surface area contributed by atoms with Crippen LogP contribution in [0.3, 0.4) is 0 Å². The van der Waals surface area contributed by atoms with Crippen LogP contribution in [0.15, 0.2) is 65.1 Å². The summed E-state index contributed by atoms with van der Waals surface area (Å²) in [4.78, 5) is 0. The topological polar surface area (TPSA) is 62.1 Å². The number of nitrogens with zero attached hydrogens (tertiary/aromatic N) is 1. The number of phenolic OH excluding ortho intramolecular Hbond substituents is 1. The summed E-state index contributed by atoms with van der Waals surface area (Å²) in [7, 11) is 0. The van der Waals surface area contributed by atoms with Gasteiger partial charge in [0.15, 0.2) is 5.76 Å². The lowest BCUT2D eigenvalue weighted by Crippen LogP contribution is -1.78. The van der Waals surface area contributed by atoms with E-state index in [0.29, 0.717) is 11.3 Å². The Labute approximate surface area is 120 Å². The van der Waals surface area contributed by atoms with Crippen molar-refractivity contribution >= 4 is 11.0 Å². The predicted octanol–water partition coefficient (Wildman–Crippen LogP) is 4.20. The Morgan fingerprint density at radius 1 is 0.952 bits per heavy atom. The van der Waals surface area contributed by atoms with E-state index in [0.717, 1.165) is 22.4 Å². The van der Waals surface area contributed by atoms with Crippen LogP contribution < -0.4 is 0 Å². The molecule has 0 radical (unpaired) electrons. The van der Waals surface area contributed by atoms with Crippen LogP contribution in [0.2, 0.25) is 0 Å². The van der Waals surface area contributed by atoms with E-state index in [2.05, 4.69) is 10.2 Å². The van der Waals surface area contributed by atoms with Gasteiger partial charge in [0, 0.05) is 10.9 Å². The fourth-order valence-corrected chi connectivity index (χ4v) is 2.39. The van der Waals surface area contributed by atoms with Crippen molar-refractivity contribution in [2.75, 3.05) is 0 Å². The molecule has 0 fully saturated rings. The maximum atomic E-state index is 9.88. The van der Waals surface area contributed by atoms with Crippen LogP contribution in [0, 0.1) is 0 Å². The van der Waals surface area contributed by atoms with E-state index in [1.165, 1.54) is 0 Å². The number of aromatic nitrogens is 2. The minimum absolute atomic E-state index is 0.208. The summed E-state index contributed by atoms with van der Waals surface area (Å²) < 4.78 is 5.80. The van der Waals surface area contributed by atoms with E-state index in [-0.39, 0.29) is 5.75 Å². The van der Waals surface area contributed by atoms with Crippen molar-refractivity contribution in [2.24, 2.45) is 0 Å². The quantitative estimate of drug-likeness (QED) is 0.577. The van der Waals surface area contributed by atoms with E-state index in [4.69, 9.17) is 4.42 Å². The Kier molecular flexibility index (Phi) is 2.54. The number of aromatic hydroxyl groups is 1. The number of benzene rings is 2. The van der Waals surface area contributed by atoms with Crippen LogP contribution in [0.5, 0.6) is 5.75 Å². The third-order valence-corrected chi connectivity index (χ3v) is 3.45. The number of phenols is 1. The zero-order chi connectivity index (χ0) is 14.2. The number of rotatable bonds is 2. The molecule has 2 aromatic heterocycles.